The second kappa shape index (κ2) is 11.0. The van der Waals surface area contributed by atoms with E-state index < -0.39 is 21.4 Å². The highest BCUT2D eigenvalue weighted by Crippen LogP contribution is 2.38. The largest absolute Gasteiger partial charge is 0.497 e. The average Bonchev–Trinajstić information content (AvgIpc) is 2.95. The van der Waals surface area contributed by atoms with Crippen molar-refractivity contribution in [2.24, 2.45) is 0 Å². The molecule has 3 aromatic carbocycles. The van der Waals surface area contributed by atoms with Gasteiger partial charge in [-0.3, -0.25) is 9.21 Å². The Hall–Kier alpha value is -2.98. The van der Waals surface area contributed by atoms with Crippen LogP contribution in [0.3, 0.4) is 0 Å². The molecule has 0 saturated carbocycles. The van der Waals surface area contributed by atoms with E-state index in [4.69, 9.17) is 9.47 Å². The van der Waals surface area contributed by atoms with Gasteiger partial charge in [-0.2, -0.15) is 0 Å². The van der Waals surface area contributed by atoms with Crippen molar-refractivity contribution in [2.45, 2.75) is 41.8 Å². The van der Waals surface area contributed by atoms with E-state index in [2.05, 4.69) is 4.90 Å². The summed E-state index contributed by atoms with van der Waals surface area (Å²) in [7, 11) is -2.41. The van der Waals surface area contributed by atoms with E-state index in [9.17, 15) is 17.9 Å². The summed E-state index contributed by atoms with van der Waals surface area (Å²) in [5.74, 6) is 0.133. The molecule has 9 heteroatoms. The molecule has 0 radical (unpaired) electrons. The molecule has 2 heterocycles. The monoisotopic (exact) mass is 540 g/mol. The first-order valence-corrected chi connectivity index (χ1v) is 14.3. The van der Waals surface area contributed by atoms with Crippen molar-refractivity contribution >= 4 is 15.7 Å². The van der Waals surface area contributed by atoms with E-state index in [-0.39, 0.29) is 17.0 Å². The first-order valence-electron chi connectivity index (χ1n) is 12.9. The molecular formula is C29H33FN2O5S. The molecule has 0 amide bonds. The third-order valence-corrected chi connectivity index (χ3v) is 9.59. The van der Waals surface area contributed by atoms with Crippen LogP contribution in [0.15, 0.2) is 83.8 Å². The number of halogens is 1. The minimum Gasteiger partial charge on any atom is -0.497 e. The molecular weight excluding hydrogens is 507 g/mol. The number of ether oxygens (including phenoxy) is 2. The van der Waals surface area contributed by atoms with Crippen LogP contribution in [0.5, 0.6) is 5.75 Å². The van der Waals surface area contributed by atoms with Gasteiger partial charge in [0, 0.05) is 32.2 Å². The normalized spacial score (nSPS) is 23.2. The van der Waals surface area contributed by atoms with Gasteiger partial charge in [-0.1, -0.05) is 30.3 Å². The Bertz CT molecular complexity index is 1310. The third-order valence-electron chi connectivity index (χ3n) is 7.70. The maximum absolute atomic E-state index is 13.9. The van der Waals surface area contributed by atoms with Crippen molar-refractivity contribution in [2.75, 3.05) is 37.7 Å². The van der Waals surface area contributed by atoms with Crippen LogP contribution < -0.4 is 9.04 Å². The highest BCUT2D eigenvalue weighted by atomic mass is 32.2. The summed E-state index contributed by atoms with van der Waals surface area (Å²) in [5, 5.41) is 11.8. The highest BCUT2D eigenvalue weighted by Gasteiger charge is 2.46. The number of methoxy groups -OCH3 is 1. The van der Waals surface area contributed by atoms with Crippen LogP contribution in [0.25, 0.3) is 0 Å². The zero-order chi connectivity index (χ0) is 26.8. The van der Waals surface area contributed by atoms with E-state index >= 15 is 0 Å². The summed E-state index contributed by atoms with van der Waals surface area (Å²) < 4.78 is 53.9. The number of sulfonamides is 1. The third kappa shape index (κ3) is 5.16. The van der Waals surface area contributed by atoms with Gasteiger partial charge in [0.2, 0.25) is 0 Å². The zero-order valence-electron chi connectivity index (χ0n) is 21.4. The molecule has 0 spiro atoms. The Kier molecular flexibility index (Phi) is 7.72. The number of likely N-dealkylation sites (tertiary alicyclic amines) is 1. The number of anilines is 1. The van der Waals surface area contributed by atoms with Gasteiger partial charge < -0.3 is 14.6 Å². The summed E-state index contributed by atoms with van der Waals surface area (Å²) in [6, 6.07) is 21.0. The zero-order valence-corrected chi connectivity index (χ0v) is 22.2. The Morgan fingerprint density at radius 2 is 1.66 bits per heavy atom. The standard InChI is InChI=1S/C29H33FN2O5S/c1-36-26-11-13-27(14-12-26)38(34,35)32(24-9-7-23(30)8-10-24)25-15-18-31(19-16-25)28-21-37-20-17-29(28,33)22-5-3-2-4-6-22/h2-14,25,28,33H,15-21H2,1H3/t28-,29+/m0/s1. The summed E-state index contributed by atoms with van der Waals surface area (Å²) in [4.78, 5) is 2.36. The molecule has 1 N–H and O–H groups in total. The molecule has 202 valence electrons. The molecule has 7 nitrogen and oxygen atoms in total. The summed E-state index contributed by atoms with van der Waals surface area (Å²) >= 11 is 0. The van der Waals surface area contributed by atoms with E-state index in [0.29, 0.717) is 57.0 Å². The fourth-order valence-corrected chi connectivity index (χ4v) is 7.33. The minimum atomic E-state index is -3.94. The Balaban J connectivity index is 1.41. The SMILES string of the molecule is COc1ccc(S(=O)(=O)N(c2ccc(F)cc2)C2CCN([C@H]3COCC[C@@]3(O)c3ccccc3)CC2)cc1. The molecule has 38 heavy (non-hydrogen) atoms. The lowest BCUT2D eigenvalue weighted by atomic mass is 9.81. The second-order valence-electron chi connectivity index (χ2n) is 9.85. The van der Waals surface area contributed by atoms with E-state index in [0.717, 1.165) is 5.56 Å². The van der Waals surface area contributed by atoms with Crippen LogP contribution in [0.2, 0.25) is 0 Å². The van der Waals surface area contributed by atoms with E-state index in [1.165, 1.54) is 47.8 Å². The van der Waals surface area contributed by atoms with Crippen LogP contribution in [-0.2, 0) is 20.4 Å². The van der Waals surface area contributed by atoms with Crippen molar-refractivity contribution in [1.82, 2.24) is 4.90 Å². The number of hydrogen-bond acceptors (Lipinski definition) is 6. The Labute approximate surface area is 223 Å². The van der Waals surface area contributed by atoms with Gasteiger partial charge in [0.25, 0.3) is 10.0 Å². The summed E-state index contributed by atoms with van der Waals surface area (Å²) in [6.07, 6.45) is 1.59. The van der Waals surface area contributed by atoms with Gasteiger partial charge >= 0.3 is 0 Å². The van der Waals surface area contributed by atoms with Gasteiger partial charge in [0.05, 0.1) is 30.3 Å². The van der Waals surface area contributed by atoms with Gasteiger partial charge in [0.15, 0.2) is 0 Å². The smallest absolute Gasteiger partial charge is 0.264 e. The van der Waals surface area contributed by atoms with Crippen LogP contribution in [-0.4, -0.2) is 63.9 Å². The number of hydrogen-bond donors (Lipinski definition) is 1. The van der Waals surface area contributed by atoms with Crippen molar-refractivity contribution in [1.29, 1.82) is 0 Å². The molecule has 2 saturated heterocycles. The molecule has 0 aliphatic carbocycles. The molecule has 0 bridgehead atoms. The first kappa shape index (κ1) is 26.6. The minimum absolute atomic E-state index is 0.143. The Morgan fingerprint density at radius 1 is 1.00 bits per heavy atom. The quantitative estimate of drug-likeness (QED) is 0.485. The van der Waals surface area contributed by atoms with Crippen LogP contribution >= 0.6 is 0 Å². The van der Waals surface area contributed by atoms with Gasteiger partial charge in [-0.25, -0.2) is 12.8 Å². The molecule has 5 rings (SSSR count). The first-order chi connectivity index (χ1) is 18.3. The predicted octanol–water partition coefficient (Wildman–Crippen LogP) is 4.17. The maximum Gasteiger partial charge on any atom is 0.264 e. The maximum atomic E-state index is 13.9. The van der Waals surface area contributed by atoms with Crippen molar-refractivity contribution in [3.63, 3.8) is 0 Å². The van der Waals surface area contributed by atoms with E-state index in [1.807, 2.05) is 30.3 Å². The molecule has 2 aliphatic heterocycles. The lowest BCUT2D eigenvalue weighted by molar-refractivity contribution is -0.138. The molecule has 0 unspecified atom stereocenters. The van der Waals surface area contributed by atoms with Crippen molar-refractivity contribution in [3.8, 4) is 5.75 Å². The lowest BCUT2D eigenvalue weighted by Crippen LogP contribution is -2.59. The van der Waals surface area contributed by atoms with Crippen LogP contribution in [0, 0.1) is 5.82 Å². The van der Waals surface area contributed by atoms with Crippen molar-refractivity contribution < 1.29 is 27.4 Å². The predicted molar refractivity (Wildman–Crippen MR) is 143 cm³/mol. The molecule has 0 aromatic heterocycles. The number of nitrogens with zero attached hydrogens (tertiary/aromatic N) is 2. The molecule has 2 aliphatic rings. The molecule has 3 aromatic rings. The van der Waals surface area contributed by atoms with Gasteiger partial charge in [-0.15, -0.1) is 0 Å². The van der Waals surface area contributed by atoms with Crippen molar-refractivity contribution in [3.05, 3.63) is 90.2 Å². The highest BCUT2D eigenvalue weighted by molar-refractivity contribution is 7.92. The lowest BCUT2D eigenvalue weighted by Gasteiger charge is -2.49. The second-order valence-corrected chi connectivity index (χ2v) is 11.7. The summed E-state index contributed by atoms with van der Waals surface area (Å²) in [5.41, 5.74) is 0.242. The fourth-order valence-electron chi connectivity index (χ4n) is 5.63. The number of aliphatic hydroxyl groups is 1. The van der Waals surface area contributed by atoms with Gasteiger partial charge in [-0.05, 0) is 66.9 Å². The Morgan fingerprint density at radius 3 is 2.29 bits per heavy atom. The number of benzene rings is 3. The molecule has 2 atom stereocenters. The van der Waals surface area contributed by atoms with Gasteiger partial charge in [0.1, 0.15) is 17.2 Å². The van der Waals surface area contributed by atoms with Crippen LogP contribution in [0.4, 0.5) is 10.1 Å². The molecule has 2 fully saturated rings. The average molecular weight is 541 g/mol. The topological polar surface area (TPSA) is 79.3 Å². The number of piperidine rings is 1. The summed E-state index contributed by atoms with van der Waals surface area (Å²) in [6.45, 7) is 2.06. The fraction of sp³-hybridized carbons (Fsp3) is 0.379. The number of rotatable bonds is 7. The van der Waals surface area contributed by atoms with E-state index in [1.54, 1.807) is 12.1 Å². The van der Waals surface area contributed by atoms with Crippen LogP contribution in [0.1, 0.15) is 24.8 Å².